The average molecular weight is 230 g/mol. The maximum atomic E-state index is 9.09. The van der Waals surface area contributed by atoms with Gasteiger partial charge in [0, 0.05) is 5.56 Å². The van der Waals surface area contributed by atoms with Gasteiger partial charge >= 0.3 is 0 Å². The van der Waals surface area contributed by atoms with Crippen LogP contribution < -0.4 is 10.5 Å². The topological polar surface area (TPSA) is 59.0 Å². The van der Waals surface area contributed by atoms with Crippen molar-refractivity contribution in [3.8, 4) is 11.8 Å². The van der Waals surface area contributed by atoms with Crippen LogP contribution >= 0.6 is 0 Å². The van der Waals surface area contributed by atoms with E-state index in [-0.39, 0.29) is 0 Å². The molecule has 3 heteroatoms. The van der Waals surface area contributed by atoms with Gasteiger partial charge in [-0.05, 0) is 25.5 Å². The van der Waals surface area contributed by atoms with Gasteiger partial charge < -0.3 is 10.5 Å². The van der Waals surface area contributed by atoms with E-state index in [4.69, 9.17) is 15.7 Å². The quantitative estimate of drug-likeness (QED) is 0.809. The Labute approximate surface area is 103 Å². The normalized spacial score (nSPS) is 11.6. The summed E-state index contributed by atoms with van der Waals surface area (Å²) in [6, 6.07) is 7.95. The molecule has 0 radical (unpaired) electrons. The molecule has 0 bridgehead atoms. The fourth-order valence-electron chi connectivity index (χ4n) is 1.70. The van der Waals surface area contributed by atoms with Crippen LogP contribution in [0.4, 0.5) is 0 Å². The van der Waals surface area contributed by atoms with Crippen molar-refractivity contribution in [2.24, 2.45) is 5.73 Å². The summed E-state index contributed by atoms with van der Waals surface area (Å²) in [7, 11) is 1.60. The van der Waals surface area contributed by atoms with Gasteiger partial charge in [-0.1, -0.05) is 25.0 Å². The predicted octanol–water partition coefficient (Wildman–Crippen LogP) is 3.00. The third-order valence-corrected chi connectivity index (χ3v) is 2.61. The minimum Gasteiger partial charge on any atom is -0.496 e. The Morgan fingerprint density at radius 2 is 2.18 bits per heavy atom. The molecule has 0 atom stereocenters. The van der Waals surface area contributed by atoms with Gasteiger partial charge in [-0.15, -0.1) is 0 Å². The van der Waals surface area contributed by atoms with Crippen LogP contribution in [0.3, 0.4) is 0 Å². The molecule has 0 unspecified atom stereocenters. The molecule has 0 aliphatic carbocycles. The number of nitriles is 1. The highest BCUT2D eigenvalue weighted by atomic mass is 16.5. The molecule has 0 aliphatic rings. The fourth-order valence-corrected chi connectivity index (χ4v) is 1.70. The first-order valence-electron chi connectivity index (χ1n) is 5.67. The van der Waals surface area contributed by atoms with Gasteiger partial charge in [0.15, 0.2) is 0 Å². The van der Waals surface area contributed by atoms with Crippen LogP contribution in [0.15, 0.2) is 23.8 Å². The van der Waals surface area contributed by atoms with E-state index in [1.54, 1.807) is 7.11 Å². The Hall–Kier alpha value is -1.95. The number of aryl methyl sites for hydroxylation is 1. The molecule has 2 N–H and O–H groups in total. The Morgan fingerprint density at radius 1 is 1.47 bits per heavy atom. The van der Waals surface area contributed by atoms with Gasteiger partial charge in [-0.3, -0.25) is 0 Å². The highest BCUT2D eigenvalue weighted by Crippen LogP contribution is 2.27. The first-order valence-corrected chi connectivity index (χ1v) is 5.67. The lowest BCUT2D eigenvalue weighted by Crippen LogP contribution is -2.03. The second-order valence-corrected chi connectivity index (χ2v) is 3.96. The van der Waals surface area contributed by atoms with Gasteiger partial charge in [0.25, 0.3) is 0 Å². The van der Waals surface area contributed by atoms with Crippen molar-refractivity contribution in [2.45, 2.75) is 26.7 Å². The molecule has 0 aliphatic heterocycles. The van der Waals surface area contributed by atoms with Crippen LogP contribution in [0.25, 0.3) is 5.70 Å². The summed E-state index contributed by atoms with van der Waals surface area (Å²) in [4.78, 5) is 0. The van der Waals surface area contributed by atoms with Crippen LogP contribution in [0.5, 0.6) is 5.75 Å². The van der Waals surface area contributed by atoms with E-state index in [0.29, 0.717) is 23.4 Å². The summed E-state index contributed by atoms with van der Waals surface area (Å²) < 4.78 is 5.27. The van der Waals surface area contributed by atoms with Crippen molar-refractivity contribution < 1.29 is 4.74 Å². The molecule has 0 amide bonds. The van der Waals surface area contributed by atoms with Crippen molar-refractivity contribution in [2.75, 3.05) is 7.11 Å². The van der Waals surface area contributed by atoms with Crippen molar-refractivity contribution in [1.82, 2.24) is 0 Å². The third-order valence-electron chi connectivity index (χ3n) is 2.61. The van der Waals surface area contributed by atoms with Crippen molar-refractivity contribution in [1.29, 1.82) is 5.26 Å². The number of hydrogen-bond acceptors (Lipinski definition) is 3. The maximum absolute atomic E-state index is 9.09. The second-order valence-electron chi connectivity index (χ2n) is 3.96. The largest absolute Gasteiger partial charge is 0.496 e. The molecular formula is C14H18N2O. The van der Waals surface area contributed by atoms with Crippen molar-refractivity contribution >= 4 is 5.70 Å². The third kappa shape index (κ3) is 3.01. The standard InChI is InChI=1S/C14H18N2O/c1-4-5-11(9-15)14(16)12-8-10(2)6-7-13(12)17-3/h6-8H,4-5,16H2,1-3H3/b14-11-. The monoisotopic (exact) mass is 230 g/mol. The number of nitrogens with two attached hydrogens (primary N) is 1. The highest BCUT2D eigenvalue weighted by Gasteiger charge is 2.10. The van der Waals surface area contributed by atoms with Crippen LogP contribution in [0.2, 0.25) is 0 Å². The van der Waals surface area contributed by atoms with Crippen molar-refractivity contribution in [3.63, 3.8) is 0 Å². The number of rotatable bonds is 4. The number of methoxy groups -OCH3 is 1. The molecule has 0 saturated carbocycles. The van der Waals surface area contributed by atoms with Gasteiger partial charge in [0.1, 0.15) is 5.75 Å². The number of allylic oxidation sites excluding steroid dienone is 1. The van der Waals surface area contributed by atoms with Crippen LogP contribution in [0, 0.1) is 18.3 Å². The minimum atomic E-state index is 0.523. The second kappa shape index (κ2) is 5.95. The summed E-state index contributed by atoms with van der Waals surface area (Å²) >= 11 is 0. The maximum Gasteiger partial charge on any atom is 0.128 e. The van der Waals surface area contributed by atoms with E-state index in [2.05, 4.69) is 6.07 Å². The first kappa shape index (κ1) is 13.1. The lowest BCUT2D eigenvalue weighted by atomic mass is 10.0. The molecule has 17 heavy (non-hydrogen) atoms. The number of hydrogen-bond donors (Lipinski definition) is 1. The number of ether oxygens (including phenoxy) is 1. The average Bonchev–Trinajstić information content (AvgIpc) is 2.35. The Morgan fingerprint density at radius 3 is 2.71 bits per heavy atom. The molecular weight excluding hydrogens is 212 g/mol. The van der Waals surface area contributed by atoms with Crippen LogP contribution in [-0.2, 0) is 0 Å². The van der Waals surface area contributed by atoms with Gasteiger partial charge in [0.05, 0.1) is 24.4 Å². The molecule has 1 rings (SSSR count). The zero-order chi connectivity index (χ0) is 12.8. The summed E-state index contributed by atoms with van der Waals surface area (Å²) in [5.74, 6) is 0.706. The van der Waals surface area contributed by atoms with Crippen LogP contribution in [0.1, 0.15) is 30.9 Å². The molecule has 90 valence electrons. The van der Waals surface area contributed by atoms with Crippen LogP contribution in [-0.4, -0.2) is 7.11 Å². The molecule has 1 aromatic carbocycles. The smallest absolute Gasteiger partial charge is 0.128 e. The molecule has 3 nitrogen and oxygen atoms in total. The minimum absolute atomic E-state index is 0.523. The SMILES string of the molecule is CCC/C(C#N)=C(/N)c1cc(C)ccc1OC. The highest BCUT2D eigenvalue weighted by molar-refractivity contribution is 5.73. The van der Waals surface area contributed by atoms with E-state index in [9.17, 15) is 0 Å². The zero-order valence-corrected chi connectivity index (χ0v) is 10.6. The first-order chi connectivity index (χ1) is 8.13. The summed E-state index contributed by atoms with van der Waals surface area (Å²) in [5, 5.41) is 9.09. The number of nitrogens with zero attached hydrogens (tertiary/aromatic N) is 1. The van der Waals surface area contributed by atoms with E-state index in [0.717, 1.165) is 17.5 Å². The van der Waals surface area contributed by atoms with E-state index >= 15 is 0 Å². The van der Waals surface area contributed by atoms with E-state index < -0.39 is 0 Å². The lowest BCUT2D eigenvalue weighted by Gasteiger charge is -2.11. The molecule has 0 saturated heterocycles. The molecule has 0 spiro atoms. The predicted molar refractivity (Wildman–Crippen MR) is 69.4 cm³/mol. The summed E-state index contributed by atoms with van der Waals surface area (Å²) in [5.41, 5.74) is 9.10. The van der Waals surface area contributed by atoms with E-state index in [1.807, 2.05) is 32.0 Å². The van der Waals surface area contributed by atoms with Gasteiger partial charge in [0.2, 0.25) is 0 Å². The lowest BCUT2D eigenvalue weighted by molar-refractivity contribution is 0.413. The molecule has 0 heterocycles. The Kier molecular flexibility index (Phi) is 4.59. The summed E-state index contributed by atoms with van der Waals surface area (Å²) in [6.07, 6.45) is 1.59. The number of benzene rings is 1. The van der Waals surface area contributed by atoms with E-state index in [1.165, 1.54) is 0 Å². The van der Waals surface area contributed by atoms with Crippen molar-refractivity contribution in [3.05, 3.63) is 34.9 Å². The molecule has 1 aromatic rings. The summed E-state index contributed by atoms with van der Waals surface area (Å²) in [6.45, 7) is 4.01. The Balaban J connectivity index is 3.31. The zero-order valence-electron chi connectivity index (χ0n) is 10.6. The molecule has 0 fully saturated rings. The fraction of sp³-hybridized carbons (Fsp3) is 0.357. The van der Waals surface area contributed by atoms with Gasteiger partial charge in [-0.2, -0.15) is 5.26 Å². The van der Waals surface area contributed by atoms with Gasteiger partial charge in [-0.25, -0.2) is 0 Å². The molecule has 0 aromatic heterocycles. The Bertz CT molecular complexity index is 470.